The summed E-state index contributed by atoms with van der Waals surface area (Å²) in [5.41, 5.74) is 0.171. The van der Waals surface area contributed by atoms with E-state index in [1.54, 1.807) is 4.90 Å². The van der Waals surface area contributed by atoms with E-state index in [4.69, 9.17) is 10.00 Å². The number of carbonyl (C=O) groups excluding carboxylic acids is 1. The molecule has 0 bridgehead atoms. The number of nitriles is 1. The highest BCUT2D eigenvalue weighted by Gasteiger charge is 2.25. The van der Waals surface area contributed by atoms with E-state index in [2.05, 4.69) is 15.3 Å². The highest BCUT2D eigenvalue weighted by Crippen LogP contribution is 2.18. The second-order valence-corrected chi connectivity index (χ2v) is 4.88. The monoisotopic (exact) mass is 289 g/mol. The number of hydrogen-bond donors (Lipinski definition) is 1. The molecule has 1 saturated heterocycles. The number of ether oxygens (including phenoxy) is 1. The standard InChI is InChI=1S/C14H19N5O2/c1-2-5-18-14(20)19-8-3-4-11(10-19)21-13-12(9-15)16-6-7-17-13/h6-7,11H,2-5,8,10H2,1H3,(H,18,20). The lowest BCUT2D eigenvalue weighted by Crippen LogP contribution is -2.48. The second-order valence-electron chi connectivity index (χ2n) is 4.88. The highest BCUT2D eigenvalue weighted by atomic mass is 16.5. The van der Waals surface area contributed by atoms with Crippen LogP contribution in [-0.4, -0.2) is 46.6 Å². The first-order chi connectivity index (χ1) is 10.2. The molecular formula is C14H19N5O2. The van der Waals surface area contributed by atoms with Gasteiger partial charge in [0, 0.05) is 25.5 Å². The van der Waals surface area contributed by atoms with E-state index in [-0.39, 0.29) is 23.7 Å². The van der Waals surface area contributed by atoms with Crippen LogP contribution in [0.1, 0.15) is 31.9 Å². The van der Waals surface area contributed by atoms with Gasteiger partial charge in [0.15, 0.2) is 0 Å². The molecule has 0 saturated carbocycles. The number of urea groups is 1. The lowest BCUT2D eigenvalue weighted by molar-refractivity contribution is 0.0973. The normalized spacial score (nSPS) is 17.9. The summed E-state index contributed by atoms with van der Waals surface area (Å²) < 4.78 is 5.74. The van der Waals surface area contributed by atoms with Gasteiger partial charge in [-0.25, -0.2) is 14.8 Å². The zero-order valence-electron chi connectivity index (χ0n) is 12.1. The Labute approximate surface area is 123 Å². The average Bonchev–Trinajstić information content (AvgIpc) is 2.53. The lowest BCUT2D eigenvalue weighted by atomic mass is 10.1. The van der Waals surface area contributed by atoms with Gasteiger partial charge in [-0.3, -0.25) is 0 Å². The molecule has 21 heavy (non-hydrogen) atoms. The third kappa shape index (κ3) is 4.05. The van der Waals surface area contributed by atoms with E-state index in [9.17, 15) is 4.79 Å². The number of nitrogens with one attached hydrogen (secondary N) is 1. The number of aromatic nitrogens is 2. The predicted molar refractivity (Wildman–Crippen MR) is 75.7 cm³/mol. The fraction of sp³-hybridized carbons (Fsp3) is 0.571. The molecule has 2 rings (SSSR count). The maximum Gasteiger partial charge on any atom is 0.317 e. The number of carbonyl (C=O) groups is 1. The SMILES string of the molecule is CCCNC(=O)N1CCCC(Oc2nccnc2C#N)C1. The van der Waals surface area contributed by atoms with Gasteiger partial charge in [0.1, 0.15) is 12.2 Å². The Kier molecular flexibility index (Phi) is 5.32. The molecule has 2 heterocycles. The summed E-state index contributed by atoms with van der Waals surface area (Å²) in [5, 5.41) is 11.8. The molecular weight excluding hydrogens is 270 g/mol. The fourth-order valence-corrected chi connectivity index (χ4v) is 2.21. The Bertz CT molecular complexity index is 528. The fourth-order valence-electron chi connectivity index (χ4n) is 2.21. The molecule has 7 heteroatoms. The summed E-state index contributed by atoms with van der Waals surface area (Å²) in [6, 6.07) is 1.89. The third-order valence-corrected chi connectivity index (χ3v) is 3.24. The van der Waals surface area contributed by atoms with Gasteiger partial charge in [0.2, 0.25) is 5.69 Å². The van der Waals surface area contributed by atoms with Crippen LogP contribution < -0.4 is 10.1 Å². The van der Waals surface area contributed by atoms with Crippen LogP contribution in [0.25, 0.3) is 0 Å². The van der Waals surface area contributed by atoms with Gasteiger partial charge in [-0.05, 0) is 19.3 Å². The maximum atomic E-state index is 12.0. The Hall–Kier alpha value is -2.36. The molecule has 1 aliphatic rings. The van der Waals surface area contributed by atoms with Crippen molar-refractivity contribution in [3.05, 3.63) is 18.1 Å². The first kappa shape index (κ1) is 15.0. The number of hydrogen-bond acceptors (Lipinski definition) is 5. The van der Waals surface area contributed by atoms with E-state index in [0.29, 0.717) is 13.1 Å². The van der Waals surface area contributed by atoms with Gasteiger partial charge in [-0.2, -0.15) is 5.26 Å². The summed E-state index contributed by atoms with van der Waals surface area (Å²) in [7, 11) is 0. The summed E-state index contributed by atoms with van der Waals surface area (Å²) in [4.78, 5) is 21.7. The number of amides is 2. The smallest absolute Gasteiger partial charge is 0.317 e. The van der Waals surface area contributed by atoms with E-state index in [1.807, 2.05) is 13.0 Å². The Morgan fingerprint density at radius 3 is 3.14 bits per heavy atom. The molecule has 1 aromatic rings. The zero-order chi connectivity index (χ0) is 15.1. The van der Waals surface area contributed by atoms with Gasteiger partial charge in [0.05, 0.1) is 6.54 Å². The summed E-state index contributed by atoms with van der Waals surface area (Å²) in [6.07, 6.45) is 5.40. The van der Waals surface area contributed by atoms with Crippen LogP contribution in [0.3, 0.4) is 0 Å². The molecule has 1 aromatic heterocycles. The van der Waals surface area contributed by atoms with E-state index in [0.717, 1.165) is 25.8 Å². The first-order valence-electron chi connectivity index (χ1n) is 7.15. The number of rotatable bonds is 4. The third-order valence-electron chi connectivity index (χ3n) is 3.24. The minimum absolute atomic E-state index is 0.0650. The molecule has 7 nitrogen and oxygen atoms in total. The van der Waals surface area contributed by atoms with Gasteiger partial charge in [0.25, 0.3) is 5.88 Å². The molecule has 0 radical (unpaired) electrons. The van der Waals surface area contributed by atoms with E-state index < -0.39 is 0 Å². The number of nitrogens with zero attached hydrogens (tertiary/aromatic N) is 4. The molecule has 1 unspecified atom stereocenters. The van der Waals surface area contributed by atoms with Gasteiger partial charge >= 0.3 is 6.03 Å². The predicted octanol–water partition coefficient (Wildman–Crippen LogP) is 1.31. The van der Waals surface area contributed by atoms with Crippen molar-refractivity contribution in [3.8, 4) is 11.9 Å². The van der Waals surface area contributed by atoms with Crippen molar-refractivity contribution in [2.45, 2.75) is 32.3 Å². The van der Waals surface area contributed by atoms with E-state index in [1.165, 1.54) is 12.4 Å². The van der Waals surface area contributed by atoms with Crippen molar-refractivity contribution >= 4 is 6.03 Å². The summed E-state index contributed by atoms with van der Waals surface area (Å²) >= 11 is 0. The van der Waals surface area contributed by atoms with Crippen molar-refractivity contribution in [3.63, 3.8) is 0 Å². The Morgan fingerprint density at radius 1 is 1.57 bits per heavy atom. The Balaban J connectivity index is 1.95. The molecule has 0 spiro atoms. The van der Waals surface area contributed by atoms with Crippen molar-refractivity contribution < 1.29 is 9.53 Å². The van der Waals surface area contributed by atoms with Gasteiger partial charge in [-0.15, -0.1) is 0 Å². The topological polar surface area (TPSA) is 91.1 Å². The van der Waals surface area contributed by atoms with Crippen LogP contribution in [0, 0.1) is 11.3 Å². The van der Waals surface area contributed by atoms with Crippen molar-refractivity contribution in [1.82, 2.24) is 20.2 Å². The quantitative estimate of drug-likeness (QED) is 0.902. The van der Waals surface area contributed by atoms with Crippen molar-refractivity contribution in [2.24, 2.45) is 0 Å². The second kappa shape index (κ2) is 7.43. The zero-order valence-corrected chi connectivity index (χ0v) is 12.1. The number of likely N-dealkylation sites (tertiary alicyclic amines) is 1. The highest BCUT2D eigenvalue weighted by molar-refractivity contribution is 5.74. The minimum Gasteiger partial charge on any atom is -0.470 e. The minimum atomic E-state index is -0.157. The summed E-state index contributed by atoms with van der Waals surface area (Å²) in [6.45, 7) is 3.90. The van der Waals surface area contributed by atoms with Crippen molar-refractivity contribution in [2.75, 3.05) is 19.6 Å². The average molecular weight is 289 g/mol. The van der Waals surface area contributed by atoms with Gasteiger partial charge in [-0.1, -0.05) is 6.92 Å². The lowest BCUT2D eigenvalue weighted by Gasteiger charge is -2.32. The van der Waals surface area contributed by atoms with Crippen LogP contribution in [0.4, 0.5) is 4.79 Å². The van der Waals surface area contributed by atoms with Crippen LogP contribution in [0.15, 0.2) is 12.4 Å². The molecule has 0 aromatic carbocycles. The van der Waals surface area contributed by atoms with Crippen LogP contribution in [0.5, 0.6) is 5.88 Å². The van der Waals surface area contributed by atoms with Crippen molar-refractivity contribution in [1.29, 1.82) is 5.26 Å². The largest absolute Gasteiger partial charge is 0.470 e. The van der Waals surface area contributed by atoms with Crippen LogP contribution >= 0.6 is 0 Å². The molecule has 112 valence electrons. The molecule has 0 aliphatic carbocycles. The first-order valence-corrected chi connectivity index (χ1v) is 7.15. The Morgan fingerprint density at radius 2 is 2.38 bits per heavy atom. The molecule has 1 fully saturated rings. The number of piperidine rings is 1. The van der Waals surface area contributed by atoms with Gasteiger partial charge < -0.3 is 15.0 Å². The van der Waals surface area contributed by atoms with E-state index >= 15 is 0 Å². The molecule has 1 aliphatic heterocycles. The molecule has 2 amide bonds. The van der Waals surface area contributed by atoms with Crippen LogP contribution in [0.2, 0.25) is 0 Å². The molecule has 1 N–H and O–H groups in total. The summed E-state index contributed by atoms with van der Waals surface area (Å²) in [5.74, 6) is 0.237. The van der Waals surface area contributed by atoms with Crippen LogP contribution in [-0.2, 0) is 0 Å². The maximum absolute atomic E-state index is 12.0. The molecule has 1 atom stereocenters.